The van der Waals surface area contributed by atoms with Crippen LogP contribution in [0.15, 0.2) is 41.5 Å². The molecule has 1 heterocycles. The number of ether oxygens (including phenoxy) is 4. The van der Waals surface area contributed by atoms with Crippen LogP contribution in [0.5, 0.6) is 17.2 Å². The van der Waals surface area contributed by atoms with Gasteiger partial charge in [0.1, 0.15) is 0 Å². The molecule has 0 atom stereocenters. The van der Waals surface area contributed by atoms with E-state index < -0.39 is 11.8 Å². The number of methoxy groups -OCH3 is 3. The topological polar surface area (TPSA) is 128 Å². The number of benzene rings is 2. The summed E-state index contributed by atoms with van der Waals surface area (Å²) in [5.41, 5.74) is 3.21. The highest BCUT2D eigenvalue weighted by molar-refractivity contribution is 6.40. The SMILES string of the molecule is COc1cc(/C=N/NC(=O)C(=O)Nc2ccccc2C(=O)N2CCOCC2)cc(OC)c1OC. The quantitative estimate of drug-likeness (QED) is 0.354. The number of nitrogens with one attached hydrogen (secondary N) is 2. The molecule has 0 aliphatic carbocycles. The van der Waals surface area contributed by atoms with Gasteiger partial charge in [-0.05, 0) is 24.3 Å². The van der Waals surface area contributed by atoms with Crippen molar-refractivity contribution in [1.82, 2.24) is 10.3 Å². The number of nitrogens with zero attached hydrogens (tertiary/aromatic N) is 2. The standard InChI is InChI=1S/C23H26N4O7/c1-31-18-12-15(13-19(32-2)20(18)33-3)14-24-26-22(29)21(28)25-17-7-5-4-6-16(17)23(30)27-8-10-34-11-9-27/h4-7,12-14H,8-11H2,1-3H3,(H,25,28)(H,26,29)/b24-14+. The summed E-state index contributed by atoms with van der Waals surface area (Å²) in [6.07, 6.45) is 1.32. The van der Waals surface area contributed by atoms with E-state index >= 15 is 0 Å². The van der Waals surface area contributed by atoms with Crippen LogP contribution in [0.25, 0.3) is 0 Å². The number of hydrogen-bond donors (Lipinski definition) is 2. The molecule has 0 radical (unpaired) electrons. The Morgan fingerprint density at radius 3 is 2.24 bits per heavy atom. The lowest BCUT2D eigenvalue weighted by Crippen LogP contribution is -2.41. The van der Waals surface area contributed by atoms with Gasteiger partial charge in [-0.1, -0.05) is 12.1 Å². The molecule has 3 rings (SSSR count). The van der Waals surface area contributed by atoms with Crippen LogP contribution in [0, 0.1) is 0 Å². The van der Waals surface area contributed by atoms with Gasteiger partial charge in [-0.15, -0.1) is 0 Å². The third kappa shape index (κ3) is 5.81. The lowest BCUT2D eigenvalue weighted by Gasteiger charge is -2.27. The maximum atomic E-state index is 12.8. The van der Waals surface area contributed by atoms with Gasteiger partial charge in [-0.25, -0.2) is 5.43 Å². The second kappa shape index (κ2) is 11.7. The van der Waals surface area contributed by atoms with E-state index in [0.717, 1.165) is 0 Å². The third-order valence-electron chi connectivity index (χ3n) is 4.98. The van der Waals surface area contributed by atoms with Gasteiger partial charge in [0.25, 0.3) is 5.91 Å². The highest BCUT2D eigenvalue weighted by Gasteiger charge is 2.23. The molecule has 0 saturated carbocycles. The Labute approximate surface area is 196 Å². The van der Waals surface area contributed by atoms with Crippen molar-refractivity contribution < 1.29 is 33.3 Å². The van der Waals surface area contributed by atoms with Crippen LogP contribution in [0.1, 0.15) is 15.9 Å². The number of rotatable bonds is 7. The van der Waals surface area contributed by atoms with E-state index in [9.17, 15) is 14.4 Å². The molecule has 0 unspecified atom stereocenters. The molecule has 0 spiro atoms. The van der Waals surface area contributed by atoms with E-state index in [2.05, 4.69) is 15.8 Å². The van der Waals surface area contributed by atoms with Crippen molar-refractivity contribution >= 4 is 29.6 Å². The van der Waals surface area contributed by atoms with Gasteiger partial charge in [-0.3, -0.25) is 14.4 Å². The highest BCUT2D eigenvalue weighted by atomic mass is 16.5. The number of carbonyl (C=O) groups excluding carboxylic acids is 3. The maximum absolute atomic E-state index is 12.8. The molecule has 2 N–H and O–H groups in total. The Bertz CT molecular complexity index is 1060. The Balaban J connectivity index is 1.66. The molecule has 1 aliphatic heterocycles. The molecular weight excluding hydrogens is 444 g/mol. The number of carbonyl (C=O) groups is 3. The first-order valence-electron chi connectivity index (χ1n) is 10.4. The van der Waals surface area contributed by atoms with Crippen molar-refractivity contribution in [2.45, 2.75) is 0 Å². The smallest absolute Gasteiger partial charge is 0.329 e. The molecule has 11 heteroatoms. The monoisotopic (exact) mass is 470 g/mol. The van der Waals surface area contributed by atoms with Gasteiger partial charge in [-0.2, -0.15) is 5.10 Å². The molecule has 3 amide bonds. The van der Waals surface area contributed by atoms with Gasteiger partial charge in [0, 0.05) is 18.7 Å². The number of amides is 3. The third-order valence-corrected chi connectivity index (χ3v) is 4.98. The van der Waals surface area contributed by atoms with Crippen molar-refractivity contribution in [3.63, 3.8) is 0 Å². The molecule has 2 aromatic carbocycles. The van der Waals surface area contributed by atoms with Gasteiger partial charge in [0.2, 0.25) is 5.75 Å². The van der Waals surface area contributed by atoms with Crippen LogP contribution in [-0.4, -0.2) is 76.5 Å². The maximum Gasteiger partial charge on any atom is 0.329 e. The predicted molar refractivity (Wildman–Crippen MR) is 124 cm³/mol. The average Bonchev–Trinajstić information content (AvgIpc) is 2.88. The minimum atomic E-state index is -1.00. The van der Waals surface area contributed by atoms with E-state index in [-0.39, 0.29) is 17.2 Å². The Morgan fingerprint density at radius 1 is 0.971 bits per heavy atom. The first-order chi connectivity index (χ1) is 16.5. The highest BCUT2D eigenvalue weighted by Crippen LogP contribution is 2.37. The summed E-state index contributed by atoms with van der Waals surface area (Å²) in [6.45, 7) is 1.81. The van der Waals surface area contributed by atoms with Gasteiger partial charge in [0.05, 0.1) is 52.0 Å². The van der Waals surface area contributed by atoms with Crippen LogP contribution in [0.4, 0.5) is 5.69 Å². The molecule has 1 fully saturated rings. The summed E-state index contributed by atoms with van der Waals surface area (Å²) in [7, 11) is 4.44. The number of hydrazone groups is 1. The largest absolute Gasteiger partial charge is 0.493 e. The fraction of sp³-hybridized carbons (Fsp3) is 0.304. The van der Waals surface area contributed by atoms with Crippen molar-refractivity contribution in [2.75, 3.05) is 52.9 Å². The van der Waals surface area contributed by atoms with Crippen molar-refractivity contribution in [3.05, 3.63) is 47.5 Å². The summed E-state index contributed by atoms with van der Waals surface area (Å²) in [5, 5.41) is 6.29. The van der Waals surface area contributed by atoms with E-state index in [1.807, 2.05) is 0 Å². The zero-order valence-corrected chi connectivity index (χ0v) is 19.1. The molecule has 11 nitrogen and oxygen atoms in total. The summed E-state index contributed by atoms with van der Waals surface area (Å²) in [5.74, 6) is -0.986. The van der Waals surface area contributed by atoms with Crippen LogP contribution in [0.3, 0.4) is 0 Å². The Kier molecular flexibility index (Phi) is 8.41. The van der Waals surface area contributed by atoms with Crippen molar-refractivity contribution in [1.29, 1.82) is 0 Å². The number of para-hydroxylation sites is 1. The molecule has 180 valence electrons. The lowest BCUT2D eigenvalue weighted by molar-refractivity contribution is -0.136. The Hall–Kier alpha value is -4.12. The molecule has 0 bridgehead atoms. The lowest BCUT2D eigenvalue weighted by atomic mass is 10.1. The van der Waals surface area contributed by atoms with Crippen LogP contribution in [-0.2, 0) is 14.3 Å². The fourth-order valence-electron chi connectivity index (χ4n) is 3.29. The van der Waals surface area contributed by atoms with E-state index in [1.165, 1.54) is 27.5 Å². The van der Waals surface area contributed by atoms with Crippen molar-refractivity contribution in [3.8, 4) is 17.2 Å². The van der Waals surface area contributed by atoms with Crippen molar-refractivity contribution in [2.24, 2.45) is 5.10 Å². The average molecular weight is 470 g/mol. The summed E-state index contributed by atoms with van der Waals surface area (Å²) in [4.78, 5) is 39.1. The molecule has 1 aliphatic rings. The second-order valence-electron chi connectivity index (χ2n) is 7.06. The molecule has 2 aromatic rings. The van der Waals surface area contributed by atoms with Gasteiger partial charge in [0.15, 0.2) is 11.5 Å². The number of morpholine rings is 1. The first kappa shape index (κ1) is 24.5. The molecule has 0 aromatic heterocycles. The minimum Gasteiger partial charge on any atom is -0.493 e. The van der Waals surface area contributed by atoms with E-state index in [4.69, 9.17) is 18.9 Å². The first-order valence-corrected chi connectivity index (χ1v) is 10.4. The number of anilines is 1. The number of hydrogen-bond acceptors (Lipinski definition) is 8. The fourth-order valence-corrected chi connectivity index (χ4v) is 3.29. The molecular formula is C23H26N4O7. The summed E-state index contributed by atoms with van der Waals surface area (Å²) >= 11 is 0. The second-order valence-corrected chi connectivity index (χ2v) is 7.06. The summed E-state index contributed by atoms with van der Waals surface area (Å²) in [6, 6.07) is 9.75. The zero-order valence-electron chi connectivity index (χ0n) is 19.1. The minimum absolute atomic E-state index is 0.229. The van der Waals surface area contributed by atoms with Crippen LogP contribution < -0.4 is 25.0 Å². The molecule has 1 saturated heterocycles. The summed E-state index contributed by atoms with van der Waals surface area (Å²) < 4.78 is 21.1. The molecule has 34 heavy (non-hydrogen) atoms. The van der Waals surface area contributed by atoms with Crippen LogP contribution in [0.2, 0.25) is 0 Å². The van der Waals surface area contributed by atoms with Gasteiger partial charge < -0.3 is 29.2 Å². The van der Waals surface area contributed by atoms with E-state index in [1.54, 1.807) is 41.3 Å². The van der Waals surface area contributed by atoms with Crippen LogP contribution >= 0.6 is 0 Å². The Morgan fingerprint density at radius 2 is 1.62 bits per heavy atom. The van der Waals surface area contributed by atoms with Gasteiger partial charge >= 0.3 is 11.8 Å². The predicted octanol–water partition coefficient (Wildman–Crippen LogP) is 1.27. The normalized spacial score (nSPS) is 13.3. The zero-order chi connectivity index (χ0) is 24.5. The van der Waals surface area contributed by atoms with E-state index in [0.29, 0.717) is 49.1 Å².